The summed E-state index contributed by atoms with van der Waals surface area (Å²) in [5, 5.41) is 12.5. The maximum atomic E-state index is 12.9. The number of para-hydroxylation sites is 2. The van der Waals surface area contributed by atoms with Gasteiger partial charge in [-0.3, -0.25) is 9.78 Å². The third-order valence-corrected chi connectivity index (χ3v) is 9.11. The van der Waals surface area contributed by atoms with Crippen molar-refractivity contribution in [2.24, 2.45) is 5.92 Å². The van der Waals surface area contributed by atoms with Gasteiger partial charge in [0.05, 0.1) is 49.3 Å². The Morgan fingerprint density at radius 2 is 1.62 bits per heavy atom. The van der Waals surface area contributed by atoms with Gasteiger partial charge >= 0.3 is 0 Å². The monoisotopic (exact) mass is 610 g/mol. The van der Waals surface area contributed by atoms with Crippen molar-refractivity contribution in [2.75, 3.05) is 38.2 Å². The lowest BCUT2D eigenvalue weighted by molar-refractivity contribution is -0.278. The number of piperidine rings is 1. The fourth-order valence-corrected chi connectivity index (χ4v) is 6.43. The van der Waals surface area contributed by atoms with E-state index < -0.39 is 12.1 Å². The summed E-state index contributed by atoms with van der Waals surface area (Å²) in [4.78, 5) is 24.2. The van der Waals surface area contributed by atoms with E-state index in [1.54, 1.807) is 0 Å². The molecule has 3 saturated heterocycles. The molecule has 4 heterocycles. The van der Waals surface area contributed by atoms with Gasteiger partial charge in [-0.05, 0) is 35.4 Å². The lowest BCUT2D eigenvalue weighted by atomic mass is 9.89. The molecule has 1 amide bonds. The summed E-state index contributed by atoms with van der Waals surface area (Å²) in [6, 6.07) is 22.9. The molecule has 234 valence electrons. The number of ether oxygens (including phenoxy) is 4. The van der Waals surface area contributed by atoms with Crippen molar-refractivity contribution in [2.45, 2.75) is 50.7 Å². The first-order chi connectivity index (χ1) is 22.0. The maximum absolute atomic E-state index is 12.9. The largest absolute Gasteiger partial charge is 0.392 e. The lowest BCUT2D eigenvalue weighted by Gasteiger charge is -2.44. The van der Waals surface area contributed by atoms with E-state index in [0.29, 0.717) is 24.4 Å². The van der Waals surface area contributed by atoms with E-state index in [4.69, 9.17) is 18.9 Å². The van der Waals surface area contributed by atoms with Crippen molar-refractivity contribution < 1.29 is 28.8 Å². The number of rotatable bonds is 7. The van der Waals surface area contributed by atoms with Crippen LogP contribution >= 0.6 is 0 Å². The quantitative estimate of drug-likeness (QED) is 0.298. The van der Waals surface area contributed by atoms with Crippen LogP contribution in [-0.4, -0.2) is 70.6 Å². The Kier molecular flexibility index (Phi) is 8.59. The smallest absolute Gasteiger partial charge is 0.275 e. The van der Waals surface area contributed by atoms with Crippen molar-refractivity contribution in [1.29, 1.82) is 0 Å². The van der Waals surface area contributed by atoms with Crippen molar-refractivity contribution in [3.05, 3.63) is 101 Å². The van der Waals surface area contributed by atoms with Crippen molar-refractivity contribution >= 4 is 22.6 Å². The van der Waals surface area contributed by atoms with E-state index in [0.717, 1.165) is 54.7 Å². The summed E-state index contributed by atoms with van der Waals surface area (Å²) < 4.78 is 25.2. The second-order valence-corrected chi connectivity index (χ2v) is 12.1. The second kappa shape index (κ2) is 12.9. The molecule has 0 saturated carbocycles. The number of fused-ring (bicyclic) bond motifs is 1. The molecule has 1 spiro atoms. The third kappa shape index (κ3) is 6.48. The highest BCUT2D eigenvalue weighted by Gasteiger charge is 2.43. The molecule has 10 nitrogen and oxygen atoms in total. The number of anilines is 1. The molecule has 45 heavy (non-hydrogen) atoms. The molecular formula is C35H38N4O6. The number of aromatic nitrogens is 2. The molecule has 3 fully saturated rings. The van der Waals surface area contributed by atoms with E-state index in [2.05, 4.69) is 27.1 Å². The number of carbonyl (C=O) groups excluding carboxylic acids is 1. The average Bonchev–Trinajstić information content (AvgIpc) is 3.54. The van der Waals surface area contributed by atoms with E-state index in [-0.39, 0.29) is 36.3 Å². The van der Waals surface area contributed by atoms with Gasteiger partial charge in [-0.25, -0.2) is 4.98 Å². The molecule has 0 radical (unpaired) electrons. The Balaban J connectivity index is 1.07. The average molecular weight is 611 g/mol. The van der Waals surface area contributed by atoms with Gasteiger partial charge in [0.2, 0.25) is 0 Å². The van der Waals surface area contributed by atoms with Crippen LogP contribution in [0.2, 0.25) is 0 Å². The first-order valence-electron chi connectivity index (χ1n) is 15.6. The van der Waals surface area contributed by atoms with E-state index in [1.807, 2.05) is 72.8 Å². The number of amides is 1. The summed E-state index contributed by atoms with van der Waals surface area (Å²) in [7, 11) is 0. The van der Waals surface area contributed by atoms with Crippen LogP contribution in [0.5, 0.6) is 0 Å². The highest BCUT2D eigenvalue weighted by molar-refractivity contribution is 6.03. The minimum Gasteiger partial charge on any atom is -0.392 e. The van der Waals surface area contributed by atoms with E-state index >= 15 is 0 Å². The number of nitrogens with one attached hydrogen (secondary N) is 1. The first kappa shape index (κ1) is 29.9. The Morgan fingerprint density at radius 1 is 0.933 bits per heavy atom. The number of aliphatic hydroxyl groups is 1. The fourth-order valence-electron chi connectivity index (χ4n) is 6.43. The zero-order valence-corrected chi connectivity index (χ0v) is 25.3. The van der Waals surface area contributed by atoms with Crippen LogP contribution in [-0.2, 0) is 25.6 Å². The number of benzene rings is 3. The first-order valence-corrected chi connectivity index (χ1v) is 15.6. The van der Waals surface area contributed by atoms with Crippen LogP contribution in [0.3, 0.4) is 0 Å². The maximum Gasteiger partial charge on any atom is 0.275 e. The number of hydrogen-bond donors (Lipinski definition) is 2. The molecule has 4 aromatic rings. The number of aliphatic hydroxyl groups excluding tert-OH is 1. The Labute approximate surface area is 262 Å². The van der Waals surface area contributed by atoms with Crippen molar-refractivity contribution in [3.63, 3.8) is 0 Å². The fraction of sp³-hybridized carbons (Fsp3) is 0.400. The summed E-state index contributed by atoms with van der Waals surface area (Å²) in [6.07, 6.45) is 2.29. The zero-order valence-electron chi connectivity index (χ0n) is 25.3. The van der Waals surface area contributed by atoms with E-state index in [9.17, 15) is 9.90 Å². The van der Waals surface area contributed by atoms with Gasteiger partial charge in [-0.1, -0.05) is 55.5 Å². The lowest BCUT2D eigenvalue weighted by Crippen LogP contribution is -2.50. The molecule has 7 rings (SSSR count). The van der Waals surface area contributed by atoms with Gasteiger partial charge in [-0.15, -0.1) is 0 Å². The minimum absolute atomic E-state index is 0.00404. The summed E-state index contributed by atoms with van der Waals surface area (Å²) in [6.45, 7) is 6.03. The molecule has 3 aliphatic heterocycles. The molecule has 4 atom stereocenters. The van der Waals surface area contributed by atoms with Crippen LogP contribution in [0.25, 0.3) is 11.0 Å². The highest BCUT2D eigenvalue weighted by atomic mass is 16.7. The Hall–Kier alpha value is -3.77. The van der Waals surface area contributed by atoms with Crippen LogP contribution in [0.15, 0.2) is 79.0 Å². The summed E-state index contributed by atoms with van der Waals surface area (Å²) in [5.41, 5.74) is 5.05. The SMILES string of the molecule is CC1C(CN2CCC3(CC2)OCCO3)OC(c2ccc(NC(=O)c3cnc4ccccc4n3)cc2)OC1c1ccc(CO)cc1. The number of carbonyl (C=O) groups is 1. The van der Waals surface area contributed by atoms with Gasteiger partial charge in [0.25, 0.3) is 5.91 Å². The number of likely N-dealkylation sites (tertiary alicyclic amines) is 1. The van der Waals surface area contributed by atoms with Gasteiger partial charge in [0.1, 0.15) is 5.69 Å². The molecule has 3 aromatic carbocycles. The predicted octanol–water partition coefficient (Wildman–Crippen LogP) is 5.00. The van der Waals surface area contributed by atoms with Gasteiger partial charge in [-0.2, -0.15) is 0 Å². The molecular weight excluding hydrogens is 572 g/mol. The van der Waals surface area contributed by atoms with E-state index in [1.165, 1.54) is 6.20 Å². The van der Waals surface area contributed by atoms with Gasteiger partial charge in [0.15, 0.2) is 12.1 Å². The summed E-state index contributed by atoms with van der Waals surface area (Å²) >= 11 is 0. The van der Waals surface area contributed by atoms with Crippen LogP contribution < -0.4 is 5.32 Å². The zero-order chi connectivity index (χ0) is 30.8. The normalized spacial score (nSPS) is 25.0. The molecule has 10 heteroatoms. The molecule has 4 unspecified atom stereocenters. The summed E-state index contributed by atoms with van der Waals surface area (Å²) in [5.74, 6) is -0.670. The van der Waals surface area contributed by atoms with Crippen LogP contribution in [0.1, 0.15) is 59.3 Å². The second-order valence-electron chi connectivity index (χ2n) is 12.1. The standard InChI is InChI=1S/C35H38N4O6/c1-23-31(21-39-16-14-35(15-17-39)42-18-19-43-35)44-34(45-32(23)25-8-6-24(22-40)7-9-25)26-10-12-27(13-11-26)37-33(41)30-20-36-28-4-2-3-5-29(28)38-30/h2-13,20,23,31-32,34,40H,14-19,21-22H2,1H3,(H,37,41). The van der Waals surface area contributed by atoms with Crippen LogP contribution in [0, 0.1) is 5.92 Å². The molecule has 1 aromatic heterocycles. The molecule has 3 aliphatic rings. The number of hydrogen-bond acceptors (Lipinski definition) is 9. The van der Waals surface area contributed by atoms with Crippen LogP contribution in [0.4, 0.5) is 5.69 Å². The van der Waals surface area contributed by atoms with Gasteiger partial charge < -0.3 is 34.3 Å². The minimum atomic E-state index is -0.595. The van der Waals surface area contributed by atoms with Crippen molar-refractivity contribution in [1.82, 2.24) is 14.9 Å². The van der Waals surface area contributed by atoms with Gasteiger partial charge in [0, 0.05) is 49.6 Å². The predicted molar refractivity (Wildman–Crippen MR) is 167 cm³/mol. The molecule has 0 bridgehead atoms. The molecule has 2 N–H and O–H groups in total. The topological polar surface area (TPSA) is 115 Å². The Morgan fingerprint density at radius 3 is 2.33 bits per heavy atom. The Bertz CT molecular complexity index is 1620. The highest BCUT2D eigenvalue weighted by Crippen LogP contribution is 2.42. The van der Waals surface area contributed by atoms with Crippen molar-refractivity contribution in [3.8, 4) is 0 Å². The third-order valence-electron chi connectivity index (χ3n) is 9.11. The molecule has 0 aliphatic carbocycles. The number of nitrogens with zero attached hydrogens (tertiary/aromatic N) is 3.